The quantitative estimate of drug-likeness (QED) is 0.723. The topological polar surface area (TPSA) is 39.9 Å². The molecule has 1 heterocycles. The summed E-state index contributed by atoms with van der Waals surface area (Å²) in [5, 5.41) is 8.38. The maximum absolute atomic E-state index is 5.68. The minimum Gasteiger partial charge on any atom is -0.380 e. The third kappa shape index (κ3) is 5.60. The van der Waals surface area contributed by atoms with Gasteiger partial charge >= 0.3 is 0 Å². The average molecular weight is 301 g/mol. The standard InChI is InChI=1S/C18H27N3O/c1-15-6-8-16(9-7-15)17-14-21(20-19-17)11-13-22-12-5-10-18(2,3)4/h6-9,14H,5,10-13H2,1-4H3. The summed E-state index contributed by atoms with van der Waals surface area (Å²) >= 11 is 0. The summed E-state index contributed by atoms with van der Waals surface area (Å²) in [4.78, 5) is 0. The van der Waals surface area contributed by atoms with Gasteiger partial charge in [-0.25, -0.2) is 4.68 Å². The SMILES string of the molecule is Cc1ccc(-c2cn(CCOCCCC(C)(C)C)nn2)cc1. The molecule has 120 valence electrons. The first-order valence-electron chi connectivity index (χ1n) is 7.99. The van der Waals surface area contributed by atoms with E-state index in [-0.39, 0.29) is 0 Å². The maximum atomic E-state index is 5.68. The second-order valence-corrected chi connectivity index (χ2v) is 7.01. The molecule has 0 atom stereocenters. The van der Waals surface area contributed by atoms with Gasteiger partial charge in [0.15, 0.2) is 0 Å². The van der Waals surface area contributed by atoms with E-state index in [2.05, 4.69) is 62.3 Å². The molecule has 0 unspecified atom stereocenters. The number of ether oxygens (including phenoxy) is 1. The molecule has 0 bridgehead atoms. The molecular weight excluding hydrogens is 274 g/mol. The Labute approximate surface area is 133 Å². The van der Waals surface area contributed by atoms with Crippen LogP contribution in [0.5, 0.6) is 0 Å². The zero-order valence-electron chi connectivity index (χ0n) is 14.2. The Morgan fingerprint density at radius 1 is 1.09 bits per heavy atom. The summed E-state index contributed by atoms with van der Waals surface area (Å²) in [6, 6.07) is 8.33. The van der Waals surface area contributed by atoms with Gasteiger partial charge in [-0.1, -0.05) is 55.8 Å². The molecule has 22 heavy (non-hydrogen) atoms. The van der Waals surface area contributed by atoms with Gasteiger partial charge in [0, 0.05) is 12.2 Å². The minimum absolute atomic E-state index is 0.387. The highest BCUT2D eigenvalue weighted by Gasteiger charge is 2.09. The Morgan fingerprint density at radius 3 is 2.50 bits per heavy atom. The van der Waals surface area contributed by atoms with E-state index in [9.17, 15) is 0 Å². The molecule has 0 saturated carbocycles. The van der Waals surface area contributed by atoms with Crippen LogP contribution in [-0.2, 0) is 11.3 Å². The fourth-order valence-electron chi connectivity index (χ4n) is 2.23. The molecule has 0 spiro atoms. The van der Waals surface area contributed by atoms with Crippen LogP contribution in [0.3, 0.4) is 0 Å². The van der Waals surface area contributed by atoms with Crippen molar-refractivity contribution >= 4 is 0 Å². The summed E-state index contributed by atoms with van der Waals surface area (Å²) in [5.74, 6) is 0. The van der Waals surface area contributed by atoms with E-state index in [1.54, 1.807) is 0 Å². The zero-order valence-corrected chi connectivity index (χ0v) is 14.2. The van der Waals surface area contributed by atoms with Gasteiger partial charge in [0.05, 0.1) is 19.3 Å². The van der Waals surface area contributed by atoms with Gasteiger partial charge in [0.1, 0.15) is 5.69 Å². The van der Waals surface area contributed by atoms with Gasteiger partial charge in [-0.3, -0.25) is 0 Å². The molecule has 1 aromatic carbocycles. The fourth-order valence-corrected chi connectivity index (χ4v) is 2.23. The van der Waals surface area contributed by atoms with Gasteiger partial charge in [0.25, 0.3) is 0 Å². The van der Waals surface area contributed by atoms with E-state index in [0.29, 0.717) is 12.0 Å². The van der Waals surface area contributed by atoms with Crippen LogP contribution < -0.4 is 0 Å². The molecule has 0 N–H and O–H groups in total. The normalized spacial score (nSPS) is 11.8. The molecule has 0 amide bonds. The molecule has 2 rings (SSSR count). The Balaban J connectivity index is 1.72. The number of hydrogen-bond donors (Lipinski definition) is 0. The number of aryl methyl sites for hydroxylation is 1. The number of rotatable bonds is 7. The molecule has 4 nitrogen and oxygen atoms in total. The highest BCUT2D eigenvalue weighted by Crippen LogP contribution is 2.20. The lowest BCUT2D eigenvalue weighted by Crippen LogP contribution is -2.10. The Bertz CT molecular complexity index is 567. The van der Waals surface area contributed by atoms with E-state index < -0.39 is 0 Å². The summed E-state index contributed by atoms with van der Waals surface area (Å²) < 4.78 is 7.52. The first kappa shape index (κ1) is 16.7. The Kier molecular flexibility index (Phi) is 5.72. The lowest BCUT2D eigenvalue weighted by molar-refractivity contribution is 0.113. The molecule has 0 aliphatic rings. The summed E-state index contributed by atoms with van der Waals surface area (Å²) in [5.41, 5.74) is 3.65. The summed E-state index contributed by atoms with van der Waals surface area (Å²) in [6.07, 6.45) is 4.27. The highest BCUT2D eigenvalue weighted by molar-refractivity contribution is 5.57. The Hall–Kier alpha value is -1.68. The van der Waals surface area contributed by atoms with Crippen molar-refractivity contribution in [3.63, 3.8) is 0 Å². The van der Waals surface area contributed by atoms with Crippen LogP contribution in [0, 0.1) is 12.3 Å². The van der Waals surface area contributed by atoms with Gasteiger partial charge in [-0.05, 0) is 25.2 Å². The number of hydrogen-bond acceptors (Lipinski definition) is 3. The fraction of sp³-hybridized carbons (Fsp3) is 0.556. The van der Waals surface area contributed by atoms with Crippen LogP contribution >= 0.6 is 0 Å². The van der Waals surface area contributed by atoms with Crippen molar-refractivity contribution in [1.82, 2.24) is 15.0 Å². The van der Waals surface area contributed by atoms with Crippen LogP contribution in [0.25, 0.3) is 11.3 Å². The van der Waals surface area contributed by atoms with Gasteiger partial charge in [0.2, 0.25) is 0 Å². The summed E-state index contributed by atoms with van der Waals surface area (Å²) in [6.45, 7) is 11.1. The average Bonchev–Trinajstić information content (AvgIpc) is 2.91. The van der Waals surface area contributed by atoms with Crippen molar-refractivity contribution in [2.24, 2.45) is 5.41 Å². The number of nitrogens with zero attached hydrogens (tertiary/aromatic N) is 3. The molecule has 0 fully saturated rings. The number of benzene rings is 1. The van der Waals surface area contributed by atoms with Crippen LogP contribution in [0.15, 0.2) is 30.5 Å². The molecule has 4 heteroatoms. The first-order chi connectivity index (χ1) is 10.4. The van der Waals surface area contributed by atoms with Crippen LogP contribution in [0.2, 0.25) is 0 Å². The summed E-state index contributed by atoms with van der Waals surface area (Å²) in [7, 11) is 0. The van der Waals surface area contributed by atoms with Crippen molar-refractivity contribution in [2.75, 3.05) is 13.2 Å². The predicted octanol–water partition coefficient (Wildman–Crippen LogP) is 4.10. The predicted molar refractivity (Wildman–Crippen MR) is 89.7 cm³/mol. The van der Waals surface area contributed by atoms with E-state index in [1.807, 2.05) is 10.9 Å². The molecule has 0 aliphatic carbocycles. The largest absolute Gasteiger partial charge is 0.380 e. The van der Waals surface area contributed by atoms with E-state index in [4.69, 9.17) is 4.74 Å². The Morgan fingerprint density at radius 2 is 1.82 bits per heavy atom. The first-order valence-corrected chi connectivity index (χ1v) is 7.99. The molecule has 0 saturated heterocycles. The third-order valence-electron chi connectivity index (χ3n) is 3.57. The van der Waals surface area contributed by atoms with Crippen molar-refractivity contribution in [3.05, 3.63) is 36.0 Å². The van der Waals surface area contributed by atoms with Crippen molar-refractivity contribution in [1.29, 1.82) is 0 Å². The van der Waals surface area contributed by atoms with Crippen molar-refractivity contribution < 1.29 is 4.74 Å². The molecule has 0 radical (unpaired) electrons. The van der Waals surface area contributed by atoms with Crippen LogP contribution in [-0.4, -0.2) is 28.2 Å². The molecular formula is C18H27N3O. The van der Waals surface area contributed by atoms with Crippen LogP contribution in [0.1, 0.15) is 39.2 Å². The smallest absolute Gasteiger partial charge is 0.113 e. The lowest BCUT2D eigenvalue weighted by atomic mass is 9.91. The van der Waals surface area contributed by atoms with E-state index >= 15 is 0 Å². The molecule has 0 aliphatic heterocycles. The third-order valence-corrected chi connectivity index (χ3v) is 3.57. The molecule has 2 aromatic rings. The van der Waals surface area contributed by atoms with Crippen molar-refractivity contribution in [2.45, 2.75) is 47.1 Å². The van der Waals surface area contributed by atoms with Gasteiger partial charge in [-0.15, -0.1) is 5.10 Å². The van der Waals surface area contributed by atoms with Crippen LogP contribution in [0.4, 0.5) is 0 Å². The van der Waals surface area contributed by atoms with Crippen molar-refractivity contribution in [3.8, 4) is 11.3 Å². The second-order valence-electron chi connectivity index (χ2n) is 7.01. The highest BCUT2D eigenvalue weighted by atomic mass is 16.5. The molecule has 1 aromatic heterocycles. The van der Waals surface area contributed by atoms with E-state index in [1.165, 1.54) is 12.0 Å². The lowest BCUT2D eigenvalue weighted by Gasteiger charge is -2.17. The monoisotopic (exact) mass is 301 g/mol. The van der Waals surface area contributed by atoms with Gasteiger partial charge < -0.3 is 4.74 Å². The minimum atomic E-state index is 0.387. The van der Waals surface area contributed by atoms with Gasteiger partial charge in [-0.2, -0.15) is 0 Å². The maximum Gasteiger partial charge on any atom is 0.113 e. The van der Waals surface area contributed by atoms with E-state index in [0.717, 1.165) is 30.8 Å². The zero-order chi connectivity index (χ0) is 16.0. The second kappa shape index (κ2) is 7.54. The number of aromatic nitrogens is 3.